The van der Waals surface area contributed by atoms with Gasteiger partial charge in [-0.25, -0.2) is 9.97 Å². The van der Waals surface area contributed by atoms with Crippen molar-refractivity contribution in [2.75, 3.05) is 0 Å². The number of nitrogens with zero attached hydrogens (tertiary/aromatic N) is 2. The Hall–Kier alpha value is -0.780. The van der Waals surface area contributed by atoms with Gasteiger partial charge in [-0.05, 0) is 18.8 Å². The van der Waals surface area contributed by atoms with Crippen molar-refractivity contribution in [1.82, 2.24) is 15.3 Å². The molecule has 2 aromatic heterocycles. The number of hydrogen-bond acceptors (Lipinski definition) is 5. The van der Waals surface area contributed by atoms with Gasteiger partial charge >= 0.3 is 0 Å². The monoisotopic (exact) mass is 251 g/mol. The molecule has 16 heavy (non-hydrogen) atoms. The van der Waals surface area contributed by atoms with Crippen LogP contribution in [0, 0.1) is 5.92 Å². The molecule has 0 radical (unpaired) electrons. The zero-order valence-corrected chi connectivity index (χ0v) is 10.4. The molecule has 0 aliphatic heterocycles. The van der Waals surface area contributed by atoms with Crippen molar-refractivity contribution in [2.45, 2.75) is 25.4 Å². The van der Waals surface area contributed by atoms with Crippen LogP contribution < -0.4 is 5.32 Å². The highest BCUT2D eigenvalue weighted by Crippen LogP contribution is 2.41. The van der Waals surface area contributed by atoms with Crippen LogP contribution >= 0.6 is 22.7 Å². The molecule has 1 aliphatic carbocycles. The molecule has 3 nitrogen and oxygen atoms in total. The van der Waals surface area contributed by atoms with Gasteiger partial charge in [-0.1, -0.05) is 0 Å². The average Bonchev–Trinajstić information content (AvgIpc) is 2.83. The smallest absolute Gasteiger partial charge is 0.110 e. The number of aromatic nitrogens is 2. The molecule has 0 aromatic carbocycles. The Labute approximate surface area is 103 Å². The van der Waals surface area contributed by atoms with Crippen LogP contribution in [0.4, 0.5) is 0 Å². The van der Waals surface area contributed by atoms with Gasteiger partial charge in [0.25, 0.3) is 0 Å². The van der Waals surface area contributed by atoms with Gasteiger partial charge in [0.05, 0.1) is 17.2 Å². The van der Waals surface area contributed by atoms with Crippen LogP contribution in [0.2, 0.25) is 0 Å². The van der Waals surface area contributed by atoms with Gasteiger partial charge in [0, 0.05) is 23.5 Å². The molecule has 1 fully saturated rings. The molecule has 5 heteroatoms. The summed E-state index contributed by atoms with van der Waals surface area (Å²) in [5.41, 5.74) is 3.01. The van der Waals surface area contributed by atoms with Gasteiger partial charge in [0.2, 0.25) is 0 Å². The van der Waals surface area contributed by atoms with E-state index >= 15 is 0 Å². The molecule has 3 rings (SSSR count). The van der Waals surface area contributed by atoms with Crippen LogP contribution in [0.1, 0.15) is 29.6 Å². The van der Waals surface area contributed by atoms with E-state index in [0.717, 1.165) is 18.2 Å². The van der Waals surface area contributed by atoms with Crippen LogP contribution in [0.5, 0.6) is 0 Å². The van der Waals surface area contributed by atoms with Crippen molar-refractivity contribution in [1.29, 1.82) is 0 Å². The first-order valence-corrected chi connectivity index (χ1v) is 7.25. The van der Waals surface area contributed by atoms with Crippen molar-refractivity contribution in [3.63, 3.8) is 0 Å². The zero-order valence-electron chi connectivity index (χ0n) is 8.80. The molecule has 1 unspecified atom stereocenters. The van der Waals surface area contributed by atoms with Gasteiger partial charge < -0.3 is 5.32 Å². The van der Waals surface area contributed by atoms with Gasteiger partial charge in [-0.2, -0.15) is 0 Å². The highest BCUT2D eigenvalue weighted by Gasteiger charge is 2.33. The second-order valence-electron chi connectivity index (χ2n) is 4.05. The van der Waals surface area contributed by atoms with Crippen molar-refractivity contribution in [3.05, 3.63) is 33.2 Å². The average molecular weight is 251 g/mol. The van der Waals surface area contributed by atoms with Crippen LogP contribution in [-0.2, 0) is 6.54 Å². The van der Waals surface area contributed by atoms with E-state index in [0.29, 0.717) is 6.04 Å². The summed E-state index contributed by atoms with van der Waals surface area (Å²) in [7, 11) is 0. The predicted molar refractivity (Wildman–Crippen MR) is 66.5 cm³/mol. The minimum absolute atomic E-state index is 0.432. The maximum atomic E-state index is 4.42. The van der Waals surface area contributed by atoms with E-state index in [1.807, 2.05) is 11.7 Å². The molecule has 0 saturated heterocycles. The Morgan fingerprint density at radius 1 is 1.44 bits per heavy atom. The van der Waals surface area contributed by atoms with Crippen LogP contribution in [-0.4, -0.2) is 9.97 Å². The van der Waals surface area contributed by atoms with Gasteiger partial charge in [-0.3, -0.25) is 0 Å². The quantitative estimate of drug-likeness (QED) is 0.888. The van der Waals surface area contributed by atoms with E-state index in [2.05, 4.69) is 26.0 Å². The second-order valence-corrected chi connectivity index (χ2v) is 5.69. The first-order chi connectivity index (χ1) is 7.93. The fraction of sp³-hybridized carbons (Fsp3) is 0.455. The lowest BCUT2D eigenvalue weighted by Crippen LogP contribution is -2.22. The normalized spacial score (nSPS) is 17.5. The molecule has 0 spiro atoms. The molecule has 1 atom stereocenters. The third kappa shape index (κ3) is 2.31. The summed E-state index contributed by atoms with van der Waals surface area (Å²) in [5, 5.41) is 8.95. The topological polar surface area (TPSA) is 37.8 Å². The molecule has 2 aromatic rings. The van der Waals surface area contributed by atoms with Gasteiger partial charge in [0.1, 0.15) is 5.01 Å². The third-order valence-corrected chi connectivity index (χ3v) is 4.29. The number of hydrogen-bond donors (Lipinski definition) is 1. The fourth-order valence-corrected chi connectivity index (χ4v) is 3.18. The van der Waals surface area contributed by atoms with E-state index in [9.17, 15) is 0 Å². The van der Waals surface area contributed by atoms with Crippen LogP contribution in [0.15, 0.2) is 22.5 Å². The molecule has 1 aliphatic rings. The predicted octanol–water partition coefficient (Wildman–Crippen LogP) is 2.84. The molecule has 1 saturated carbocycles. The lowest BCUT2D eigenvalue weighted by atomic mass is 10.2. The van der Waals surface area contributed by atoms with Gasteiger partial charge in [0.15, 0.2) is 0 Å². The van der Waals surface area contributed by atoms with E-state index in [-0.39, 0.29) is 0 Å². The van der Waals surface area contributed by atoms with E-state index in [1.165, 1.54) is 17.8 Å². The maximum Gasteiger partial charge on any atom is 0.110 e. The van der Waals surface area contributed by atoms with Crippen molar-refractivity contribution in [3.8, 4) is 0 Å². The summed E-state index contributed by atoms with van der Waals surface area (Å²) in [6, 6.07) is 0.432. The molecule has 0 bridgehead atoms. The number of rotatable bonds is 5. The first kappa shape index (κ1) is 10.4. The summed E-state index contributed by atoms with van der Waals surface area (Å²) in [5.74, 6) is 0.782. The summed E-state index contributed by atoms with van der Waals surface area (Å²) in [6.45, 7) is 0.851. The Balaban J connectivity index is 1.66. The van der Waals surface area contributed by atoms with Crippen molar-refractivity contribution < 1.29 is 0 Å². The zero-order chi connectivity index (χ0) is 10.8. The number of nitrogens with one attached hydrogen (secondary N) is 1. The van der Waals surface area contributed by atoms with E-state index in [1.54, 1.807) is 22.7 Å². The van der Waals surface area contributed by atoms with E-state index in [4.69, 9.17) is 0 Å². The second kappa shape index (κ2) is 4.61. The van der Waals surface area contributed by atoms with Crippen molar-refractivity contribution >= 4 is 22.7 Å². The van der Waals surface area contributed by atoms with Crippen LogP contribution in [0.3, 0.4) is 0 Å². The largest absolute Gasteiger partial charge is 0.302 e. The molecular formula is C11H13N3S2. The fourth-order valence-electron chi connectivity index (χ4n) is 1.81. The lowest BCUT2D eigenvalue weighted by Gasteiger charge is -2.14. The minimum atomic E-state index is 0.432. The Morgan fingerprint density at radius 2 is 2.38 bits per heavy atom. The molecule has 1 N–H and O–H groups in total. The van der Waals surface area contributed by atoms with Gasteiger partial charge in [-0.15, -0.1) is 22.7 Å². The summed E-state index contributed by atoms with van der Waals surface area (Å²) >= 11 is 3.39. The Bertz CT molecular complexity index is 420. The molecule has 2 heterocycles. The highest BCUT2D eigenvalue weighted by atomic mass is 32.1. The summed E-state index contributed by atoms with van der Waals surface area (Å²) in [6.07, 6.45) is 4.54. The van der Waals surface area contributed by atoms with Crippen molar-refractivity contribution in [2.24, 2.45) is 5.92 Å². The minimum Gasteiger partial charge on any atom is -0.302 e. The summed E-state index contributed by atoms with van der Waals surface area (Å²) in [4.78, 5) is 8.70. The molecule has 84 valence electrons. The standard InChI is InChI=1S/C11H13N3S2/c1-2-8(1)10(11-12-3-4-16-11)13-5-9-6-15-7-14-9/h3-4,6-8,10,13H,1-2,5H2. The maximum absolute atomic E-state index is 4.42. The third-order valence-electron chi connectivity index (χ3n) is 2.80. The first-order valence-electron chi connectivity index (χ1n) is 5.43. The summed E-state index contributed by atoms with van der Waals surface area (Å²) < 4.78 is 0. The SMILES string of the molecule is c1csc(C(NCc2cscn2)C2CC2)n1. The highest BCUT2D eigenvalue weighted by molar-refractivity contribution is 7.09. The van der Waals surface area contributed by atoms with Crippen LogP contribution in [0.25, 0.3) is 0 Å². The molecule has 0 amide bonds. The van der Waals surface area contributed by atoms with E-state index < -0.39 is 0 Å². The lowest BCUT2D eigenvalue weighted by molar-refractivity contribution is 0.475. The number of thiazole rings is 2. The Morgan fingerprint density at radius 3 is 3.00 bits per heavy atom. The molecular weight excluding hydrogens is 238 g/mol. The Kier molecular flexibility index (Phi) is 2.99.